The van der Waals surface area contributed by atoms with Crippen LogP contribution in [0.4, 0.5) is 4.79 Å². The van der Waals surface area contributed by atoms with Crippen LogP contribution >= 0.6 is 0 Å². The predicted octanol–water partition coefficient (Wildman–Crippen LogP) is 4.83. The molecule has 0 aliphatic heterocycles. The molecule has 1 aromatic carbocycles. The number of alkyl carbamates (subject to hydrolysis) is 1. The lowest BCUT2D eigenvalue weighted by Gasteiger charge is -2.17. The lowest BCUT2D eigenvalue weighted by molar-refractivity contribution is 0.135. The van der Waals surface area contributed by atoms with Gasteiger partial charge >= 0.3 is 6.09 Å². The van der Waals surface area contributed by atoms with Crippen molar-refractivity contribution in [3.8, 4) is 0 Å². The van der Waals surface area contributed by atoms with Gasteiger partial charge in [0.05, 0.1) is 0 Å². The van der Waals surface area contributed by atoms with E-state index in [2.05, 4.69) is 18.8 Å². The number of benzene rings is 1. The number of carbonyl (C=O) groups is 1. The van der Waals surface area contributed by atoms with Gasteiger partial charge in [0, 0.05) is 6.04 Å². The smallest absolute Gasteiger partial charge is 0.407 e. The van der Waals surface area contributed by atoms with E-state index in [1.54, 1.807) is 0 Å². The summed E-state index contributed by atoms with van der Waals surface area (Å²) >= 11 is 0. The molecule has 1 aromatic rings. The maximum absolute atomic E-state index is 11.8. The van der Waals surface area contributed by atoms with Crippen LogP contribution < -0.4 is 5.32 Å². The average Bonchev–Trinajstić information content (AvgIpc) is 2.51. The van der Waals surface area contributed by atoms with Crippen molar-refractivity contribution in [3.63, 3.8) is 0 Å². The summed E-state index contributed by atoms with van der Waals surface area (Å²) in [5.41, 5.74) is 0.996. The maximum Gasteiger partial charge on any atom is 0.407 e. The molecule has 1 rings (SSSR count). The van der Waals surface area contributed by atoms with Crippen molar-refractivity contribution in [2.24, 2.45) is 0 Å². The summed E-state index contributed by atoms with van der Waals surface area (Å²) in [7, 11) is 0. The normalized spacial score (nSPS) is 11.7. The standard InChI is InChI=1S/C18H27NO2/c1-3-5-6-10-14-17(11-4-2)19-18(20)21-15-16-12-8-7-9-13-16/h4,7-9,12-13,17H,2-3,5-6,10-11,14-15H2,1H3,(H,19,20)/t17-/m0/s1. The van der Waals surface area contributed by atoms with Crippen LogP contribution in [0.1, 0.15) is 51.0 Å². The van der Waals surface area contributed by atoms with Crippen molar-refractivity contribution in [1.82, 2.24) is 5.32 Å². The van der Waals surface area contributed by atoms with Gasteiger partial charge in [-0.15, -0.1) is 6.58 Å². The van der Waals surface area contributed by atoms with Crippen LogP contribution in [0, 0.1) is 0 Å². The largest absolute Gasteiger partial charge is 0.445 e. The minimum absolute atomic E-state index is 0.127. The lowest BCUT2D eigenvalue weighted by Crippen LogP contribution is -2.34. The first kappa shape index (κ1) is 17.3. The molecule has 0 fully saturated rings. The molecule has 21 heavy (non-hydrogen) atoms. The second-order valence-corrected chi connectivity index (χ2v) is 5.28. The molecule has 3 heteroatoms. The number of ether oxygens (including phenoxy) is 1. The van der Waals surface area contributed by atoms with E-state index < -0.39 is 0 Å². The molecule has 0 spiro atoms. The fraction of sp³-hybridized carbons (Fsp3) is 0.500. The molecule has 0 saturated heterocycles. The molecular formula is C18H27NO2. The molecule has 0 heterocycles. The van der Waals surface area contributed by atoms with Gasteiger partial charge in [0.15, 0.2) is 0 Å². The predicted molar refractivity (Wildman–Crippen MR) is 87.1 cm³/mol. The number of amides is 1. The molecule has 1 atom stereocenters. The highest BCUT2D eigenvalue weighted by molar-refractivity contribution is 5.67. The molecule has 116 valence electrons. The summed E-state index contributed by atoms with van der Waals surface area (Å²) in [5.74, 6) is 0. The SMILES string of the molecule is C=CC[C@@H](CCCCCC)NC(=O)OCc1ccccc1. The van der Waals surface area contributed by atoms with Crippen molar-refractivity contribution in [3.05, 3.63) is 48.6 Å². The average molecular weight is 289 g/mol. The number of unbranched alkanes of at least 4 members (excludes halogenated alkanes) is 3. The van der Waals surface area contributed by atoms with E-state index in [4.69, 9.17) is 4.74 Å². The molecule has 0 aliphatic carbocycles. The Morgan fingerprint density at radius 3 is 2.71 bits per heavy atom. The van der Waals surface area contributed by atoms with Gasteiger partial charge in [0.25, 0.3) is 0 Å². The molecule has 0 radical (unpaired) electrons. The van der Waals surface area contributed by atoms with E-state index in [-0.39, 0.29) is 12.1 Å². The number of nitrogens with one attached hydrogen (secondary N) is 1. The van der Waals surface area contributed by atoms with Gasteiger partial charge in [-0.25, -0.2) is 4.79 Å². The van der Waals surface area contributed by atoms with Gasteiger partial charge in [-0.3, -0.25) is 0 Å². The maximum atomic E-state index is 11.8. The minimum atomic E-state index is -0.346. The van der Waals surface area contributed by atoms with Crippen LogP contribution in [0.2, 0.25) is 0 Å². The van der Waals surface area contributed by atoms with Gasteiger partial charge in [0.1, 0.15) is 6.61 Å². The van der Waals surface area contributed by atoms with E-state index in [0.717, 1.165) is 24.8 Å². The van der Waals surface area contributed by atoms with Crippen molar-refractivity contribution in [2.45, 2.75) is 58.1 Å². The molecule has 0 saturated carbocycles. The highest BCUT2D eigenvalue weighted by atomic mass is 16.5. The summed E-state index contributed by atoms with van der Waals surface area (Å²) in [6.07, 6.45) is 8.08. The zero-order valence-corrected chi connectivity index (χ0v) is 13.0. The summed E-state index contributed by atoms with van der Waals surface area (Å²) in [6.45, 7) is 6.26. The Hall–Kier alpha value is -1.77. The second kappa shape index (κ2) is 11.0. The third-order valence-corrected chi connectivity index (χ3v) is 3.39. The summed E-state index contributed by atoms with van der Waals surface area (Å²) in [6, 6.07) is 9.83. The van der Waals surface area contributed by atoms with E-state index >= 15 is 0 Å². The molecule has 0 unspecified atom stereocenters. The van der Waals surface area contributed by atoms with Crippen molar-refractivity contribution in [1.29, 1.82) is 0 Å². The molecule has 3 nitrogen and oxygen atoms in total. The highest BCUT2D eigenvalue weighted by Gasteiger charge is 2.11. The van der Waals surface area contributed by atoms with Crippen LogP contribution in [0.3, 0.4) is 0 Å². The van der Waals surface area contributed by atoms with Crippen molar-refractivity contribution in [2.75, 3.05) is 0 Å². The van der Waals surface area contributed by atoms with E-state index in [9.17, 15) is 4.79 Å². The van der Waals surface area contributed by atoms with E-state index in [1.807, 2.05) is 36.4 Å². The Balaban J connectivity index is 2.29. The molecule has 0 aliphatic rings. The fourth-order valence-corrected chi connectivity index (χ4v) is 2.20. The van der Waals surface area contributed by atoms with Crippen molar-refractivity contribution < 1.29 is 9.53 Å². The van der Waals surface area contributed by atoms with Gasteiger partial charge in [-0.1, -0.05) is 69.0 Å². The lowest BCUT2D eigenvalue weighted by atomic mass is 10.0. The Bertz CT molecular complexity index is 403. The zero-order chi connectivity index (χ0) is 15.3. The topological polar surface area (TPSA) is 38.3 Å². The van der Waals surface area contributed by atoms with Gasteiger partial charge in [0.2, 0.25) is 0 Å². The highest BCUT2D eigenvalue weighted by Crippen LogP contribution is 2.09. The Morgan fingerprint density at radius 2 is 2.05 bits per heavy atom. The second-order valence-electron chi connectivity index (χ2n) is 5.28. The monoisotopic (exact) mass is 289 g/mol. The Kier molecular flexibility index (Phi) is 9.01. The van der Waals surface area contributed by atoms with Crippen LogP contribution in [0.15, 0.2) is 43.0 Å². The first-order valence-electron chi connectivity index (χ1n) is 7.84. The Labute approximate surface area is 128 Å². The van der Waals surface area contributed by atoms with Crippen LogP contribution in [0.5, 0.6) is 0 Å². The van der Waals surface area contributed by atoms with Crippen LogP contribution in [-0.2, 0) is 11.3 Å². The molecular weight excluding hydrogens is 262 g/mol. The number of hydrogen-bond donors (Lipinski definition) is 1. The van der Waals surface area contributed by atoms with Crippen molar-refractivity contribution >= 4 is 6.09 Å². The first-order valence-corrected chi connectivity index (χ1v) is 7.84. The first-order chi connectivity index (χ1) is 10.3. The molecule has 0 bridgehead atoms. The number of hydrogen-bond acceptors (Lipinski definition) is 2. The van der Waals surface area contributed by atoms with E-state index in [1.165, 1.54) is 19.3 Å². The van der Waals surface area contributed by atoms with Gasteiger partial charge < -0.3 is 10.1 Å². The van der Waals surface area contributed by atoms with Gasteiger partial charge in [-0.2, -0.15) is 0 Å². The van der Waals surface area contributed by atoms with Crippen LogP contribution in [0.25, 0.3) is 0 Å². The molecule has 1 N–H and O–H groups in total. The Morgan fingerprint density at radius 1 is 1.29 bits per heavy atom. The quantitative estimate of drug-likeness (QED) is 0.495. The molecule has 0 aromatic heterocycles. The summed E-state index contributed by atoms with van der Waals surface area (Å²) < 4.78 is 5.25. The zero-order valence-electron chi connectivity index (χ0n) is 13.0. The number of rotatable bonds is 10. The third-order valence-electron chi connectivity index (χ3n) is 3.39. The summed E-state index contributed by atoms with van der Waals surface area (Å²) in [4.78, 5) is 11.8. The minimum Gasteiger partial charge on any atom is -0.445 e. The third kappa shape index (κ3) is 8.18. The molecule has 1 amide bonds. The van der Waals surface area contributed by atoms with Crippen LogP contribution in [-0.4, -0.2) is 12.1 Å². The van der Waals surface area contributed by atoms with Gasteiger partial charge in [-0.05, 0) is 18.4 Å². The van der Waals surface area contributed by atoms with E-state index in [0.29, 0.717) is 6.61 Å². The fourth-order valence-electron chi connectivity index (χ4n) is 2.20. The number of carbonyl (C=O) groups excluding carboxylic acids is 1. The summed E-state index contributed by atoms with van der Waals surface area (Å²) in [5, 5.41) is 2.93.